The maximum atomic E-state index is 6.15. The SMILES string of the molecule is COc1ccc([C@@H]2CCCC[C@@H]2N)cc1. The third-order valence-electron chi connectivity index (χ3n) is 3.36. The quantitative estimate of drug-likeness (QED) is 0.805. The number of hydrogen-bond donors (Lipinski definition) is 1. The fourth-order valence-electron chi connectivity index (χ4n) is 2.42. The van der Waals surface area contributed by atoms with Crippen LogP contribution in [0.2, 0.25) is 0 Å². The van der Waals surface area contributed by atoms with E-state index in [0.29, 0.717) is 12.0 Å². The van der Waals surface area contributed by atoms with Gasteiger partial charge in [-0.25, -0.2) is 0 Å². The molecule has 1 aliphatic rings. The Morgan fingerprint density at radius 2 is 1.80 bits per heavy atom. The molecule has 0 aromatic heterocycles. The Morgan fingerprint density at radius 1 is 1.13 bits per heavy atom. The first-order chi connectivity index (χ1) is 7.31. The molecule has 0 aliphatic heterocycles. The summed E-state index contributed by atoms with van der Waals surface area (Å²) in [6.07, 6.45) is 4.99. The molecule has 2 N–H and O–H groups in total. The van der Waals surface area contributed by atoms with E-state index >= 15 is 0 Å². The van der Waals surface area contributed by atoms with Crippen LogP contribution in [0.4, 0.5) is 0 Å². The summed E-state index contributed by atoms with van der Waals surface area (Å²) < 4.78 is 5.15. The highest BCUT2D eigenvalue weighted by molar-refractivity contribution is 5.30. The summed E-state index contributed by atoms with van der Waals surface area (Å²) in [5.74, 6) is 1.47. The van der Waals surface area contributed by atoms with Crippen molar-refractivity contribution in [3.05, 3.63) is 29.8 Å². The lowest BCUT2D eigenvalue weighted by Crippen LogP contribution is -2.31. The topological polar surface area (TPSA) is 35.2 Å². The third kappa shape index (κ3) is 2.32. The Hall–Kier alpha value is -1.02. The van der Waals surface area contributed by atoms with Crippen molar-refractivity contribution in [2.75, 3.05) is 7.11 Å². The molecule has 0 radical (unpaired) electrons. The zero-order valence-corrected chi connectivity index (χ0v) is 9.28. The Morgan fingerprint density at radius 3 is 2.40 bits per heavy atom. The molecule has 15 heavy (non-hydrogen) atoms. The van der Waals surface area contributed by atoms with E-state index in [4.69, 9.17) is 10.5 Å². The van der Waals surface area contributed by atoms with Crippen molar-refractivity contribution in [3.63, 3.8) is 0 Å². The first-order valence-electron chi connectivity index (χ1n) is 5.71. The van der Waals surface area contributed by atoms with Crippen LogP contribution in [0.5, 0.6) is 5.75 Å². The standard InChI is InChI=1S/C13H19NO/c1-15-11-8-6-10(7-9-11)12-4-2-3-5-13(12)14/h6-9,12-13H,2-5,14H2,1H3/t12-,13-/m0/s1. The minimum Gasteiger partial charge on any atom is -0.497 e. The van der Waals surface area contributed by atoms with Crippen LogP contribution in [0.15, 0.2) is 24.3 Å². The predicted molar refractivity (Wildman–Crippen MR) is 62.2 cm³/mol. The van der Waals surface area contributed by atoms with Crippen LogP contribution in [-0.2, 0) is 0 Å². The molecule has 0 amide bonds. The normalized spacial score (nSPS) is 26.3. The van der Waals surface area contributed by atoms with Gasteiger partial charge >= 0.3 is 0 Å². The van der Waals surface area contributed by atoms with Gasteiger partial charge < -0.3 is 10.5 Å². The molecule has 2 heteroatoms. The van der Waals surface area contributed by atoms with E-state index in [-0.39, 0.29) is 0 Å². The Labute approximate surface area is 91.4 Å². The van der Waals surface area contributed by atoms with Crippen molar-refractivity contribution >= 4 is 0 Å². The molecule has 0 spiro atoms. The van der Waals surface area contributed by atoms with Crippen LogP contribution in [0.3, 0.4) is 0 Å². The second-order valence-corrected chi connectivity index (χ2v) is 4.33. The average Bonchev–Trinajstić information content (AvgIpc) is 2.30. The van der Waals surface area contributed by atoms with Gasteiger partial charge in [0.25, 0.3) is 0 Å². The molecule has 1 aliphatic carbocycles. The zero-order chi connectivity index (χ0) is 10.7. The fourth-order valence-corrected chi connectivity index (χ4v) is 2.42. The summed E-state index contributed by atoms with van der Waals surface area (Å²) in [5.41, 5.74) is 7.51. The van der Waals surface area contributed by atoms with E-state index in [1.54, 1.807) is 7.11 Å². The molecule has 0 bridgehead atoms. The first-order valence-corrected chi connectivity index (χ1v) is 5.71. The molecular formula is C13H19NO. The highest BCUT2D eigenvalue weighted by atomic mass is 16.5. The van der Waals surface area contributed by atoms with Crippen molar-refractivity contribution in [1.82, 2.24) is 0 Å². The van der Waals surface area contributed by atoms with E-state index in [0.717, 1.165) is 12.2 Å². The number of methoxy groups -OCH3 is 1. The number of hydrogen-bond acceptors (Lipinski definition) is 2. The fraction of sp³-hybridized carbons (Fsp3) is 0.538. The number of rotatable bonds is 2. The Balaban J connectivity index is 2.13. The summed E-state index contributed by atoms with van der Waals surface area (Å²) in [7, 11) is 1.70. The molecule has 2 nitrogen and oxygen atoms in total. The zero-order valence-electron chi connectivity index (χ0n) is 9.28. The molecule has 1 fully saturated rings. The minimum absolute atomic E-state index is 0.340. The van der Waals surface area contributed by atoms with E-state index < -0.39 is 0 Å². The van der Waals surface area contributed by atoms with Crippen molar-refractivity contribution in [2.45, 2.75) is 37.6 Å². The largest absolute Gasteiger partial charge is 0.497 e. The van der Waals surface area contributed by atoms with E-state index in [1.807, 2.05) is 12.1 Å². The summed E-state index contributed by atoms with van der Waals surface area (Å²) in [6, 6.07) is 8.68. The molecule has 0 unspecified atom stereocenters. The number of benzene rings is 1. The monoisotopic (exact) mass is 205 g/mol. The van der Waals surface area contributed by atoms with Gasteiger partial charge in [0.15, 0.2) is 0 Å². The number of nitrogens with two attached hydrogens (primary N) is 1. The molecule has 1 aromatic rings. The smallest absolute Gasteiger partial charge is 0.118 e. The second kappa shape index (κ2) is 4.67. The van der Waals surface area contributed by atoms with Crippen LogP contribution in [0.1, 0.15) is 37.2 Å². The molecular weight excluding hydrogens is 186 g/mol. The van der Waals surface area contributed by atoms with Gasteiger partial charge in [-0.05, 0) is 36.5 Å². The predicted octanol–water partition coefficient (Wildman–Crippen LogP) is 2.68. The summed E-state index contributed by atoms with van der Waals surface area (Å²) in [6.45, 7) is 0. The first kappa shape index (κ1) is 10.5. The lowest BCUT2D eigenvalue weighted by Gasteiger charge is -2.28. The van der Waals surface area contributed by atoms with Crippen molar-refractivity contribution in [3.8, 4) is 5.75 Å². The molecule has 2 atom stereocenters. The Kier molecular flexibility index (Phi) is 3.27. The van der Waals surface area contributed by atoms with Crippen molar-refractivity contribution in [1.29, 1.82) is 0 Å². The highest BCUT2D eigenvalue weighted by Gasteiger charge is 2.22. The van der Waals surface area contributed by atoms with Gasteiger partial charge in [0.2, 0.25) is 0 Å². The van der Waals surface area contributed by atoms with E-state index in [2.05, 4.69) is 12.1 Å². The van der Waals surface area contributed by atoms with Gasteiger partial charge in [0.1, 0.15) is 5.75 Å². The maximum Gasteiger partial charge on any atom is 0.118 e. The third-order valence-corrected chi connectivity index (χ3v) is 3.36. The highest BCUT2D eigenvalue weighted by Crippen LogP contribution is 2.32. The summed E-state index contributed by atoms with van der Waals surface area (Å²) in [4.78, 5) is 0. The van der Waals surface area contributed by atoms with Crippen molar-refractivity contribution in [2.24, 2.45) is 5.73 Å². The number of ether oxygens (including phenoxy) is 1. The lowest BCUT2D eigenvalue weighted by molar-refractivity contribution is 0.384. The molecule has 82 valence electrons. The molecule has 1 aromatic carbocycles. The lowest BCUT2D eigenvalue weighted by atomic mass is 9.80. The van der Waals surface area contributed by atoms with E-state index in [9.17, 15) is 0 Å². The summed E-state index contributed by atoms with van der Waals surface area (Å²) in [5, 5.41) is 0. The van der Waals surface area contributed by atoms with Crippen LogP contribution >= 0.6 is 0 Å². The molecule has 1 saturated carbocycles. The van der Waals surface area contributed by atoms with Gasteiger partial charge in [0.05, 0.1) is 7.11 Å². The Bertz CT molecular complexity index is 307. The maximum absolute atomic E-state index is 6.15. The van der Waals surface area contributed by atoms with Gasteiger partial charge in [-0.2, -0.15) is 0 Å². The van der Waals surface area contributed by atoms with Gasteiger partial charge in [-0.3, -0.25) is 0 Å². The van der Waals surface area contributed by atoms with Crippen LogP contribution in [-0.4, -0.2) is 13.2 Å². The van der Waals surface area contributed by atoms with Gasteiger partial charge in [-0.15, -0.1) is 0 Å². The van der Waals surface area contributed by atoms with Gasteiger partial charge in [-0.1, -0.05) is 25.0 Å². The molecule has 2 rings (SSSR count). The van der Waals surface area contributed by atoms with Crippen LogP contribution in [0.25, 0.3) is 0 Å². The minimum atomic E-state index is 0.340. The second-order valence-electron chi connectivity index (χ2n) is 4.33. The molecule has 0 heterocycles. The van der Waals surface area contributed by atoms with Crippen LogP contribution < -0.4 is 10.5 Å². The summed E-state index contributed by atoms with van der Waals surface area (Å²) >= 11 is 0. The molecule has 0 saturated heterocycles. The van der Waals surface area contributed by atoms with E-state index in [1.165, 1.54) is 24.8 Å². The van der Waals surface area contributed by atoms with Crippen LogP contribution in [0, 0.1) is 0 Å². The van der Waals surface area contributed by atoms with Crippen molar-refractivity contribution < 1.29 is 4.74 Å². The van der Waals surface area contributed by atoms with Gasteiger partial charge in [0, 0.05) is 6.04 Å². The average molecular weight is 205 g/mol.